The molecule has 20 heavy (non-hydrogen) atoms. The van der Waals surface area contributed by atoms with Crippen LogP contribution in [-0.2, 0) is 22.3 Å². The summed E-state index contributed by atoms with van der Waals surface area (Å²) >= 11 is 1.28. The van der Waals surface area contributed by atoms with Gasteiger partial charge >= 0.3 is 12.1 Å². The summed E-state index contributed by atoms with van der Waals surface area (Å²) in [5.74, 6) is -1.21. The molecule has 0 aliphatic carbocycles. The van der Waals surface area contributed by atoms with E-state index in [2.05, 4.69) is 5.10 Å². The minimum absolute atomic E-state index is 0.212. The zero-order valence-electron chi connectivity index (χ0n) is 10.0. The van der Waals surface area contributed by atoms with Crippen molar-refractivity contribution in [2.45, 2.75) is 18.8 Å². The lowest BCUT2D eigenvalue weighted by atomic mass is 10.3. The van der Waals surface area contributed by atoms with Crippen LogP contribution in [-0.4, -0.2) is 49.3 Å². The molecule has 1 unspecified atom stereocenters. The van der Waals surface area contributed by atoms with Crippen LogP contribution in [0.5, 0.6) is 0 Å². The van der Waals surface area contributed by atoms with Gasteiger partial charge in [0.1, 0.15) is 12.6 Å². The molecule has 110 valence electrons. The molecule has 6 nitrogen and oxygen atoms in total. The number of halogens is 3. The molecule has 0 bridgehead atoms. The summed E-state index contributed by atoms with van der Waals surface area (Å²) in [5, 5.41) is 12.2. The topological polar surface area (TPSA) is 75.4 Å². The largest absolute Gasteiger partial charge is 0.480 e. The highest BCUT2D eigenvalue weighted by molar-refractivity contribution is 7.99. The molecule has 10 heteroatoms. The molecule has 1 N–H and O–H groups in total. The Bertz CT molecular complexity index is 531. The Hall–Kier alpha value is -1.71. The molecule has 2 heterocycles. The lowest BCUT2D eigenvalue weighted by Gasteiger charge is -2.20. The first kappa shape index (κ1) is 14.7. The van der Waals surface area contributed by atoms with Crippen molar-refractivity contribution in [1.29, 1.82) is 0 Å². The van der Waals surface area contributed by atoms with Crippen molar-refractivity contribution in [1.82, 2.24) is 14.7 Å². The molecule has 0 aromatic carbocycles. The van der Waals surface area contributed by atoms with Crippen molar-refractivity contribution in [3.05, 3.63) is 18.0 Å². The third kappa shape index (κ3) is 3.06. The molecule has 1 aliphatic heterocycles. The molecule has 0 saturated carbocycles. The van der Waals surface area contributed by atoms with E-state index in [-0.39, 0.29) is 11.6 Å². The molecule has 1 aromatic rings. The molecule has 1 fully saturated rings. The Morgan fingerprint density at radius 1 is 1.50 bits per heavy atom. The number of nitrogens with zero attached hydrogens (tertiary/aromatic N) is 3. The van der Waals surface area contributed by atoms with Crippen molar-refractivity contribution in [3.63, 3.8) is 0 Å². The van der Waals surface area contributed by atoms with Crippen molar-refractivity contribution in [2.75, 3.05) is 11.6 Å². The van der Waals surface area contributed by atoms with Crippen LogP contribution in [0.3, 0.4) is 0 Å². The molecule has 0 radical (unpaired) electrons. The fraction of sp³-hybridized carbons (Fsp3) is 0.500. The first-order valence-corrected chi connectivity index (χ1v) is 6.65. The van der Waals surface area contributed by atoms with Gasteiger partial charge in [-0.2, -0.15) is 18.3 Å². The maximum Gasteiger partial charge on any atom is 0.435 e. The average Bonchev–Trinajstić information content (AvgIpc) is 2.95. The van der Waals surface area contributed by atoms with Gasteiger partial charge in [-0.15, -0.1) is 11.8 Å². The number of rotatable bonds is 3. The van der Waals surface area contributed by atoms with Gasteiger partial charge in [0.25, 0.3) is 0 Å². The quantitative estimate of drug-likeness (QED) is 0.897. The summed E-state index contributed by atoms with van der Waals surface area (Å²) in [4.78, 5) is 23.9. The van der Waals surface area contributed by atoms with Crippen molar-refractivity contribution in [2.24, 2.45) is 0 Å². The van der Waals surface area contributed by atoms with E-state index in [1.54, 1.807) is 0 Å². The van der Waals surface area contributed by atoms with Gasteiger partial charge in [-0.1, -0.05) is 0 Å². The summed E-state index contributed by atoms with van der Waals surface area (Å²) in [6.07, 6.45) is -3.53. The number of aliphatic carboxylic acids is 1. The number of carboxylic acids is 1. The maximum absolute atomic E-state index is 12.4. The van der Waals surface area contributed by atoms with Gasteiger partial charge in [-0.25, -0.2) is 4.79 Å². The number of hydrogen-bond donors (Lipinski definition) is 1. The van der Waals surface area contributed by atoms with E-state index in [0.29, 0.717) is 0 Å². The van der Waals surface area contributed by atoms with Crippen molar-refractivity contribution >= 4 is 23.6 Å². The highest BCUT2D eigenvalue weighted by Gasteiger charge is 2.36. The number of aromatic nitrogens is 2. The number of amides is 1. The van der Waals surface area contributed by atoms with Crippen LogP contribution in [0.1, 0.15) is 5.69 Å². The van der Waals surface area contributed by atoms with E-state index in [1.807, 2.05) is 0 Å². The van der Waals surface area contributed by atoms with Crippen LogP contribution in [0.15, 0.2) is 12.3 Å². The second-order valence-corrected chi connectivity index (χ2v) is 5.11. The lowest BCUT2D eigenvalue weighted by molar-refractivity contribution is -0.148. The Morgan fingerprint density at radius 3 is 2.75 bits per heavy atom. The third-order valence-corrected chi connectivity index (χ3v) is 3.73. The molecule has 1 aliphatic rings. The van der Waals surface area contributed by atoms with E-state index < -0.39 is 36.3 Å². The van der Waals surface area contributed by atoms with E-state index in [0.717, 1.165) is 21.8 Å². The van der Waals surface area contributed by atoms with Crippen LogP contribution in [0.4, 0.5) is 13.2 Å². The Balaban J connectivity index is 2.05. The van der Waals surface area contributed by atoms with E-state index in [9.17, 15) is 22.8 Å². The molecular weight excluding hydrogens is 299 g/mol. The molecule has 1 amide bonds. The van der Waals surface area contributed by atoms with Crippen LogP contribution >= 0.6 is 11.8 Å². The monoisotopic (exact) mass is 309 g/mol. The highest BCUT2D eigenvalue weighted by Crippen LogP contribution is 2.27. The minimum atomic E-state index is -4.57. The first-order valence-electron chi connectivity index (χ1n) is 5.49. The molecule has 2 rings (SSSR count). The van der Waals surface area contributed by atoms with Crippen LogP contribution in [0.25, 0.3) is 0 Å². The fourth-order valence-electron chi connectivity index (χ4n) is 1.72. The molecule has 1 saturated heterocycles. The molecular formula is C10H10F3N3O3S. The number of carboxylic acid groups (broad SMARTS) is 1. The van der Waals surface area contributed by atoms with E-state index >= 15 is 0 Å². The number of carbonyl (C=O) groups is 2. The first-order chi connectivity index (χ1) is 9.29. The second kappa shape index (κ2) is 5.35. The SMILES string of the molecule is O=C(O)C1CSCN1C(=O)Cn1ccc(C(F)(F)F)n1. The third-order valence-electron chi connectivity index (χ3n) is 2.72. The number of hydrogen-bond acceptors (Lipinski definition) is 4. The van der Waals surface area contributed by atoms with Gasteiger partial charge in [0, 0.05) is 11.9 Å². The Morgan fingerprint density at radius 2 is 2.20 bits per heavy atom. The molecule has 1 atom stereocenters. The smallest absolute Gasteiger partial charge is 0.435 e. The average molecular weight is 309 g/mol. The molecule has 1 aromatic heterocycles. The predicted octanol–water partition coefficient (Wildman–Crippen LogP) is 0.888. The molecule has 0 spiro atoms. The summed E-state index contributed by atoms with van der Waals surface area (Å²) in [6, 6.07) is -0.175. The van der Waals surface area contributed by atoms with Gasteiger partial charge in [-0.05, 0) is 6.07 Å². The summed E-state index contributed by atoms with van der Waals surface area (Å²) < 4.78 is 37.9. The van der Waals surface area contributed by atoms with Crippen LogP contribution < -0.4 is 0 Å². The van der Waals surface area contributed by atoms with Crippen LogP contribution in [0.2, 0.25) is 0 Å². The minimum Gasteiger partial charge on any atom is -0.480 e. The van der Waals surface area contributed by atoms with Gasteiger partial charge < -0.3 is 10.0 Å². The van der Waals surface area contributed by atoms with Gasteiger partial charge in [0.15, 0.2) is 5.69 Å². The standard InChI is InChI=1S/C10H10F3N3O3S/c11-10(12,13)7-1-2-15(14-7)3-8(17)16-5-20-4-6(16)9(18)19/h1-2,6H,3-5H2,(H,18,19). The lowest BCUT2D eigenvalue weighted by Crippen LogP contribution is -2.43. The Kier molecular flexibility index (Phi) is 3.93. The van der Waals surface area contributed by atoms with Gasteiger partial charge in [0.05, 0.1) is 5.88 Å². The van der Waals surface area contributed by atoms with Crippen molar-refractivity contribution in [3.8, 4) is 0 Å². The summed E-state index contributed by atoms with van der Waals surface area (Å²) in [5.41, 5.74) is -1.09. The second-order valence-electron chi connectivity index (χ2n) is 4.11. The maximum atomic E-state index is 12.4. The zero-order valence-corrected chi connectivity index (χ0v) is 10.8. The fourth-order valence-corrected chi connectivity index (χ4v) is 2.90. The normalized spacial score (nSPS) is 19.4. The van der Waals surface area contributed by atoms with Crippen molar-refractivity contribution < 1.29 is 27.9 Å². The summed E-state index contributed by atoms with van der Waals surface area (Å²) in [7, 11) is 0. The van der Waals surface area contributed by atoms with Crippen LogP contribution in [0, 0.1) is 0 Å². The number of alkyl halides is 3. The zero-order chi connectivity index (χ0) is 14.9. The Labute approximate surface area is 115 Å². The van der Waals surface area contributed by atoms with Gasteiger partial charge in [-0.3, -0.25) is 9.48 Å². The predicted molar refractivity (Wildman–Crippen MR) is 62.8 cm³/mol. The number of carbonyl (C=O) groups excluding carboxylic acids is 1. The van der Waals surface area contributed by atoms with E-state index in [4.69, 9.17) is 5.11 Å². The highest BCUT2D eigenvalue weighted by atomic mass is 32.2. The summed E-state index contributed by atoms with van der Waals surface area (Å²) in [6.45, 7) is -0.416. The van der Waals surface area contributed by atoms with Gasteiger partial charge in [0.2, 0.25) is 5.91 Å². The number of thioether (sulfide) groups is 1. The van der Waals surface area contributed by atoms with E-state index in [1.165, 1.54) is 11.8 Å².